The number of hydrogen-bond acceptors (Lipinski definition) is 3. The Hall–Kier alpha value is -6.78. The number of aryl methyl sites for hydroxylation is 2. The lowest BCUT2D eigenvalue weighted by Gasteiger charge is -2.53. The van der Waals surface area contributed by atoms with Gasteiger partial charge in [-0.25, -0.2) is 0 Å². The van der Waals surface area contributed by atoms with Gasteiger partial charge in [0.1, 0.15) is 0 Å². The van der Waals surface area contributed by atoms with E-state index in [-0.39, 0.29) is 17.7 Å². The summed E-state index contributed by atoms with van der Waals surface area (Å²) in [6.45, 7) is 9.56. The monoisotopic (exact) mass is 799 g/mol. The van der Waals surface area contributed by atoms with Crippen molar-refractivity contribution < 1.29 is 0 Å². The van der Waals surface area contributed by atoms with Gasteiger partial charge >= 0.3 is 0 Å². The number of nitrogens with zero attached hydrogens (tertiary/aromatic N) is 3. The molecular formula is C58H50BN3. The van der Waals surface area contributed by atoms with Gasteiger partial charge in [-0.3, -0.25) is 0 Å². The van der Waals surface area contributed by atoms with Gasteiger partial charge < -0.3 is 14.7 Å². The molecule has 4 aliphatic rings. The third-order valence-electron chi connectivity index (χ3n) is 15.1. The first-order valence-electron chi connectivity index (χ1n) is 22.5. The van der Waals surface area contributed by atoms with Crippen molar-refractivity contribution in [3.05, 3.63) is 199 Å². The lowest BCUT2D eigenvalue weighted by Crippen LogP contribution is -2.64. The normalized spacial score (nSPS) is 19.1. The summed E-state index contributed by atoms with van der Waals surface area (Å²) < 4.78 is 0. The smallest absolute Gasteiger partial charge is 0.252 e. The lowest BCUT2D eigenvalue weighted by molar-refractivity contribution is 0.195. The van der Waals surface area contributed by atoms with E-state index < -0.39 is 0 Å². The molecule has 3 heterocycles. The molecule has 0 N–H and O–H groups in total. The Morgan fingerprint density at radius 3 is 1.73 bits per heavy atom. The third kappa shape index (κ3) is 5.38. The van der Waals surface area contributed by atoms with Crippen molar-refractivity contribution in [2.24, 2.45) is 0 Å². The van der Waals surface area contributed by atoms with Gasteiger partial charge in [0.25, 0.3) is 6.71 Å². The summed E-state index contributed by atoms with van der Waals surface area (Å²) in [5.74, 6) is 0. The van der Waals surface area contributed by atoms with E-state index in [0.717, 1.165) is 29.2 Å². The molecule has 1 saturated carbocycles. The van der Waals surface area contributed by atoms with Gasteiger partial charge in [-0.05, 0) is 132 Å². The molecule has 2 atom stereocenters. The summed E-state index contributed by atoms with van der Waals surface area (Å²) in [6, 6.07) is 68.6. The van der Waals surface area contributed by atoms with Gasteiger partial charge in [0.15, 0.2) is 0 Å². The minimum atomic E-state index is -0.0894. The molecule has 300 valence electrons. The SMILES string of the molecule is Cc1ccc(N(c2ccc(C)cc2)c2cc3c4c(c2)N2c5c(cccc5C5(C)CCCCC25C)B4c2cc(-c4ccccc4)ccc2N3c2ccc(-c3ccccc3)cc2)cc1. The van der Waals surface area contributed by atoms with E-state index in [1.807, 2.05) is 0 Å². The van der Waals surface area contributed by atoms with Crippen LogP contribution in [0.3, 0.4) is 0 Å². The van der Waals surface area contributed by atoms with Crippen molar-refractivity contribution in [2.75, 3.05) is 14.7 Å². The predicted octanol–water partition coefficient (Wildman–Crippen LogP) is 13.5. The standard InChI is InChI=1S/C58H50BN3/c1-39-20-27-45(28-21-39)60(46-29-22-40(2)23-30-46)48-37-53-55-54(38-48)62-56-49(57(3)34-11-12-35-58(57,62)4)18-13-19-50(56)59(55)51-36-44(42-16-9-6-10-17-42)26-33-52(51)61(53)47-31-24-43(25-32-47)41-14-7-5-8-15-41/h5-10,13-33,36-38H,11-12,34-35H2,1-4H3. The summed E-state index contributed by atoms with van der Waals surface area (Å²) in [6.07, 6.45) is 4.84. The molecule has 3 nitrogen and oxygen atoms in total. The maximum atomic E-state index is 2.85. The molecule has 1 aliphatic carbocycles. The largest absolute Gasteiger partial charge is 0.335 e. The second kappa shape index (κ2) is 13.9. The molecule has 8 aromatic rings. The first kappa shape index (κ1) is 37.0. The highest BCUT2D eigenvalue weighted by molar-refractivity contribution is 7.00. The van der Waals surface area contributed by atoms with Crippen LogP contribution in [-0.4, -0.2) is 12.3 Å². The van der Waals surface area contributed by atoms with Crippen LogP contribution in [-0.2, 0) is 5.41 Å². The van der Waals surface area contributed by atoms with Gasteiger partial charge in [0, 0.05) is 45.2 Å². The summed E-state index contributed by atoms with van der Waals surface area (Å²) in [5.41, 5.74) is 22.9. The van der Waals surface area contributed by atoms with Crippen molar-refractivity contribution in [2.45, 2.75) is 64.3 Å². The molecule has 4 heteroatoms. The number of para-hydroxylation sites is 1. The van der Waals surface area contributed by atoms with Gasteiger partial charge in [-0.1, -0.05) is 158 Å². The predicted molar refractivity (Wildman–Crippen MR) is 264 cm³/mol. The van der Waals surface area contributed by atoms with Gasteiger partial charge in [-0.15, -0.1) is 0 Å². The number of benzene rings is 8. The molecule has 8 aromatic carbocycles. The van der Waals surface area contributed by atoms with Crippen LogP contribution in [0.15, 0.2) is 182 Å². The van der Waals surface area contributed by atoms with Crippen LogP contribution in [0.25, 0.3) is 22.3 Å². The summed E-state index contributed by atoms with van der Waals surface area (Å²) in [7, 11) is 0. The molecule has 2 unspecified atom stereocenters. The zero-order valence-corrected chi connectivity index (χ0v) is 36.1. The Kier molecular flexibility index (Phi) is 8.28. The average molecular weight is 800 g/mol. The van der Waals surface area contributed by atoms with Crippen molar-refractivity contribution >= 4 is 68.6 Å². The quantitative estimate of drug-likeness (QED) is 0.155. The van der Waals surface area contributed by atoms with Crippen molar-refractivity contribution in [3.63, 3.8) is 0 Å². The minimum Gasteiger partial charge on any atom is -0.335 e. The molecular weight excluding hydrogens is 749 g/mol. The maximum absolute atomic E-state index is 2.85. The highest BCUT2D eigenvalue weighted by Crippen LogP contribution is 2.62. The Bertz CT molecular complexity index is 2970. The zero-order chi connectivity index (χ0) is 41.7. The Balaban J connectivity index is 1.18. The van der Waals surface area contributed by atoms with E-state index in [9.17, 15) is 0 Å². The van der Waals surface area contributed by atoms with Crippen LogP contribution >= 0.6 is 0 Å². The molecule has 0 saturated heterocycles. The number of fused-ring (bicyclic) bond motifs is 7. The van der Waals surface area contributed by atoms with E-state index in [2.05, 4.69) is 224 Å². The second-order valence-electron chi connectivity index (χ2n) is 18.6. The van der Waals surface area contributed by atoms with E-state index in [4.69, 9.17) is 0 Å². The molecule has 0 radical (unpaired) electrons. The molecule has 62 heavy (non-hydrogen) atoms. The first-order chi connectivity index (χ1) is 30.3. The van der Waals surface area contributed by atoms with Crippen LogP contribution in [0.1, 0.15) is 56.2 Å². The second-order valence-corrected chi connectivity index (χ2v) is 18.6. The van der Waals surface area contributed by atoms with Crippen molar-refractivity contribution in [3.8, 4) is 22.3 Å². The molecule has 0 amide bonds. The van der Waals surface area contributed by atoms with Crippen molar-refractivity contribution in [1.29, 1.82) is 0 Å². The van der Waals surface area contributed by atoms with Crippen LogP contribution in [0.4, 0.5) is 45.5 Å². The fourth-order valence-electron chi connectivity index (χ4n) is 11.8. The topological polar surface area (TPSA) is 9.72 Å². The minimum absolute atomic E-state index is 0.0161. The highest BCUT2D eigenvalue weighted by Gasteiger charge is 2.61. The molecule has 0 spiro atoms. The van der Waals surface area contributed by atoms with E-state index in [1.54, 1.807) is 0 Å². The molecule has 12 rings (SSSR count). The van der Waals surface area contributed by atoms with Crippen LogP contribution in [0, 0.1) is 13.8 Å². The Labute approximate surface area is 367 Å². The van der Waals surface area contributed by atoms with Crippen LogP contribution in [0.5, 0.6) is 0 Å². The van der Waals surface area contributed by atoms with E-state index in [0.29, 0.717) is 0 Å². The Morgan fingerprint density at radius 1 is 0.484 bits per heavy atom. The molecule has 0 bridgehead atoms. The summed E-state index contributed by atoms with van der Waals surface area (Å²) in [4.78, 5) is 7.91. The molecule has 1 fully saturated rings. The molecule has 3 aliphatic heterocycles. The van der Waals surface area contributed by atoms with E-state index in [1.165, 1.54) is 97.3 Å². The van der Waals surface area contributed by atoms with Crippen LogP contribution in [0.2, 0.25) is 0 Å². The fraction of sp³-hybridized carbons (Fsp3) is 0.172. The lowest BCUT2D eigenvalue weighted by atomic mass is 9.33. The summed E-state index contributed by atoms with van der Waals surface area (Å²) >= 11 is 0. The van der Waals surface area contributed by atoms with Gasteiger partial charge in [0.2, 0.25) is 0 Å². The zero-order valence-electron chi connectivity index (χ0n) is 36.1. The number of anilines is 8. The highest BCUT2D eigenvalue weighted by atomic mass is 15.3. The van der Waals surface area contributed by atoms with Crippen LogP contribution < -0.4 is 31.1 Å². The van der Waals surface area contributed by atoms with Gasteiger partial charge in [0.05, 0.1) is 11.2 Å². The van der Waals surface area contributed by atoms with E-state index >= 15 is 0 Å². The van der Waals surface area contributed by atoms with Crippen molar-refractivity contribution in [1.82, 2.24) is 0 Å². The number of hydrogen-bond donors (Lipinski definition) is 0. The average Bonchev–Trinajstić information content (AvgIpc) is 3.53. The Morgan fingerprint density at radius 2 is 1.06 bits per heavy atom. The van der Waals surface area contributed by atoms with Gasteiger partial charge in [-0.2, -0.15) is 0 Å². The molecule has 0 aromatic heterocycles. The fourth-order valence-corrected chi connectivity index (χ4v) is 11.8. The third-order valence-corrected chi connectivity index (χ3v) is 15.1. The maximum Gasteiger partial charge on any atom is 0.252 e. The first-order valence-corrected chi connectivity index (χ1v) is 22.5. The summed E-state index contributed by atoms with van der Waals surface area (Å²) in [5, 5.41) is 0. The number of rotatable bonds is 6.